The van der Waals surface area contributed by atoms with E-state index in [0.29, 0.717) is 31.1 Å². The van der Waals surface area contributed by atoms with Crippen LogP contribution < -0.4 is 19.7 Å². The van der Waals surface area contributed by atoms with Gasteiger partial charge in [-0.15, -0.1) is 0 Å². The monoisotopic (exact) mass is 373 g/mol. The number of amides is 2. The second-order valence-electron chi connectivity index (χ2n) is 5.89. The Morgan fingerprint density at radius 2 is 2.00 bits per heavy atom. The number of anilines is 1. The van der Waals surface area contributed by atoms with E-state index in [1.807, 2.05) is 42.3 Å². The highest BCUT2D eigenvalue weighted by Gasteiger charge is 2.31. The molecule has 1 atom stereocenters. The molecule has 2 amide bonds. The van der Waals surface area contributed by atoms with Gasteiger partial charge in [-0.1, -0.05) is 30.0 Å². The number of aromatic nitrogens is 1. The molecule has 1 aliphatic rings. The van der Waals surface area contributed by atoms with Crippen molar-refractivity contribution in [3.8, 4) is 5.75 Å². The first-order chi connectivity index (χ1) is 12.5. The molecule has 1 aliphatic heterocycles. The lowest BCUT2D eigenvalue weighted by Gasteiger charge is -2.16. The molecule has 26 heavy (non-hydrogen) atoms. The summed E-state index contributed by atoms with van der Waals surface area (Å²) in [6.45, 7) is 0.995. The average Bonchev–Trinajstić information content (AvgIpc) is 2.94. The van der Waals surface area contributed by atoms with E-state index in [-0.39, 0.29) is 16.4 Å². The van der Waals surface area contributed by atoms with Crippen LogP contribution in [-0.2, 0) is 11.2 Å². The molecule has 1 aromatic heterocycles. The van der Waals surface area contributed by atoms with Crippen molar-refractivity contribution in [3.63, 3.8) is 0 Å². The molecule has 1 aromatic carbocycles. The van der Waals surface area contributed by atoms with Gasteiger partial charge in [-0.25, -0.2) is 4.73 Å². The van der Waals surface area contributed by atoms with Crippen LogP contribution in [0.2, 0.25) is 0 Å². The molecule has 1 fully saturated rings. The fourth-order valence-corrected chi connectivity index (χ4v) is 3.45. The van der Waals surface area contributed by atoms with Crippen molar-refractivity contribution in [1.29, 1.82) is 0 Å². The number of nitrogens with zero attached hydrogens (tertiary/aromatic N) is 2. The SMILES string of the molecule is CN(CCOc1ccc(CC2SC(=O)NC2=O)cc1)c1cccc[n+]1[O-]. The topological polar surface area (TPSA) is 85.6 Å². The molecular weight excluding hydrogens is 354 g/mol. The Bertz CT molecular complexity index is 797. The van der Waals surface area contributed by atoms with E-state index in [4.69, 9.17) is 4.74 Å². The fraction of sp³-hybridized carbons (Fsp3) is 0.278. The number of hydrogen-bond acceptors (Lipinski definition) is 6. The number of hydrogen-bond donors (Lipinski definition) is 1. The van der Waals surface area contributed by atoms with Gasteiger partial charge in [0.2, 0.25) is 5.91 Å². The van der Waals surface area contributed by atoms with Gasteiger partial charge in [0.1, 0.15) is 18.9 Å². The van der Waals surface area contributed by atoms with Crippen LogP contribution in [0.25, 0.3) is 0 Å². The van der Waals surface area contributed by atoms with Crippen LogP contribution in [0.3, 0.4) is 0 Å². The zero-order valence-electron chi connectivity index (χ0n) is 14.3. The van der Waals surface area contributed by atoms with E-state index in [2.05, 4.69) is 5.32 Å². The van der Waals surface area contributed by atoms with Crippen molar-refractivity contribution in [1.82, 2.24) is 5.32 Å². The maximum atomic E-state index is 11.7. The Labute approximate surface area is 155 Å². The molecule has 0 bridgehead atoms. The quantitative estimate of drug-likeness (QED) is 0.588. The number of imide groups is 1. The van der Waals surface area contributed by atoms with Gasteiger partial charge in [0.15, 0.2) is 0 Å². The molecular formula is C18H19N3O4S. The fourth-order valence-electron chi connectivity index (χ4n) is 2.59. The van der Waals surface area contributed by atoms with Crippen LogP contribution >= 0.6 is 11.8 Å². The number of ether oxygens (including phenoxy) is 1. The summed E-state index contributed by atoms with van der Waals surface area (Å²) < 4.78 is 6.53. The molecule has 136 valence electrons. The van der Waals surface area contributed by atoms with Crippen molar-refractivity contribution in [2.75, 3.05) is 25.1 Å². The zero-order valence-corrected chi connectivity index (χ0v) is 15.1. The van der Waals surface area contributed by atoms with E-state index in [1.54, 1.807) is 12.1 Å². The van der Waals surface area contributed by atoms with Gasteiger partial charge in [-0.05, 0) is 30.2 Å². The van der Waals surface area contributed by atoms with E-state index < -0.39 is 0 Å². The Hall–Kier alpha value is -2.74. The van der Waals surface area contributed by atoms with Gasteiger partial charge in [-0.3, -0.25) is 19.8 Å². The summed E-state index contributed by atoms with van der Waals surface area (Å²) >= 11 is 1.02. The first kappa shape index (κ1) is 18.1. The number of benzene rings is 1. The number of pyridine rings is 1. The molecule has 2 heterocycles. The Morgan fingerprint density at radius 3 is 2.65 bits per heavy atom. The third-order valence-electron chi connectivity index (χ3n) is 4.00. The molecule has 1 saturated heterocycles. The zero-order chi connectivity index (χ0) is 18.5. The predicted molar refractivity (Wildman–Crippen MR) is 99.2 cm³/mol. The van der Waals surface area contributed by atoms with Gasteiger partial charge < -0.3 is 9.94 Å². The smallest absolute Gasteiger partial charge is 0.286 e. The molecule has 8 heteroatoms. The molecule has 1 N–H and O–H groups in total. The van der Waals surface area contributed by atoms with Gasteiger partial charge in [-0.2, -0.15) is 0 Å². The standard InChI is InChI=1S/C18H19N3O4S/c1-20(16-4-2-3-9-21(16)24)10-11-25-14-7-5-13(6-8-14)12-15-17(22)19-18(23)26-15/h2-9,15H,10-12H2,1H3,(H,19,22,23). The minimum absolute atomic E-state index is 0.236. The highest BCUT2D eigenvalue weighted by Crippen LogP contribution is 2.23. The van der Waals surface area contributed by atoms with Gasteiger partial charge >= 0.3 is 0 Å². The number of rotatable bonds is 7. The molecule has 0 saturated carbocycles. The summed E-state index contributed by atoms with van der Waals surface area (Å²) in [5.41, 5.74) is 0.966. The van der Waals surface area contributed by atoms with Crippen LogP contribution in [0.1, 0.15) is 5.56 Å². The molecule has 0 radical (unpaired) electrons. The first-order valence-electron chi connectivity index (χ1n) is 8.15. The lowest BCUT2D eigenvalue weighted by atomic mass is 10.1. The Morgan fingerprint density at radius 1 is 1.23 bits per heavy atom. The maximum Gasteiger partial charge on any atom is 0.286 e. The summed E-state index contributed by atoms with van der Waals surface area (Å²) in [7, 11) is 1.84. The second kappa shape index (κ2) is 8.09. The van der Waals surface area contributed by atoms with E-state index >= 15 is 0 Å². The highest BCUT2D eigenvalue weighted by molar-refractivity contribution is 8.15. The average molecular weight is 373 g/mol. The molecule has 3 rings (SSSR count). The van der Waals surface area contributed by atoms with Crippen LogP contribution in [0.4, 0.5) is 10.6 Å². The van der Waals surface area contributed by atoms with Crippen molar-refractivity contribution >= 4 is 28.7 Å². The lowest BCUT2D eigenvalue weighted by Crippen LogP contribution is -2.37. The number of carbonyl (C=O) groups is 2. The first-order valence-corrected chi connectivity index (χ1v) is 9.03. The number of likely N-dealkylation sites (N-methyl/N-ethyl adjacent to an activating group) is 1. The summed E-state index contributed by atoms with van der Waals surface area (Å²) in [6, 6.07) is 12.7. The number of nitrogens with one attached hydrogen (secondary N) is 1. The molecule has 1 unspecified atom stereocenters. The maximum absolute atomic E-state index is 11.7. The van der Waals surface area contributed by atoms with Crippen molar-refractivity contribution < 1.29 is 19.1 Å². The van der Waals surface area contributed by atoms with Gasteiger partial charge in [0.25, 0.3) is 11.1 Å². The summed E-state index contributed by atoms with van der Waals surface area (Å²) in [4.78, 5) is 24.6. The largest absolute Gasteiger partial charge is 0.711 e. The summed E-state index contributed by atoms with van der Waals surface area (Å²) in [5, 5.41) is 13.3. The normalized spacial score (nSPS) is 16.4. The van der Waals surface area contributed by atoms with Crippen LogP contribution in [0.15, 0.2) is 48.7 Å². The third-order valence-corrected chi connectivity index (χ3v) is 4.98. The summed E-state index contributed by atoms with van der Waals surface area (Å²) in [6.07, 6.45) is 1.96. The highest BCUT2D eigenvalue weighted by atomic mass is 32.2. The van der Waals surface area contributed by atoms with Crippen LogP contribution in [0.5, 0.6) is 5.75 Å². The number of thioether (sulfide) groups is 1. The molecule has 2 aromatic rings. The Kier molecular flexibility index (Phi) is 5.62. The van der Waals surface area contributed by atoms with Crippen LogP contribution in [0, 0.1) is 5.21 Å². The van der Waals surface area contributed by atoms with Crippen molar-refractivity contribution in [2.24, 2.45) is 0 Å². The lowest BCUT2D eigenvalue weighted by molar-refractivity contribution is -0.592. The minimum Gasteiger partial charge on any atom is -0.711 e. The predicted octanol–water partition coefficient (Wildman–Crippen LogP) is 1.73. The molecule has 7 nitrogen and oxygen atoms in total. The van der Waals surface area contributed by atoms with E-state index in [1.165, 1.54) is 6.20 Å². The van der Waals surface area contributed by atoms with Crippen molar-refractivity contribution in [3.05, 3.63) is 59.4 Å². The Balaban J connectivity index is 1.48. The number of carbonyl (C=O) groups excluding carboxylic acids is 2. The molecule has 0 aliphatic carbocycles. The third kappa shape index (κ3) is 4.45. The molecule has 0 spiro atoms. The van der Waals surface area contributed by atoms with Gasteiger partial charge in [0.05, 0.1) is 18.5 Å². The summed E-state index contributed by atoms with van der Waals surface area (Å²) in [5.74, 6) is 1.04. The van der Waals surface area contributed by atoms with Crippen molar-refractivity contribution in [2.45, 2.75) is 11.7 Å². The van der Waals surface area contributed by atoms with Gasteiger partial charge in [0, 0.05) is 6.07 Å². The minimum atomic E-state index is -0.368. The van der Waals surface area contributed by atoms with E-state index in [0.717, 1.165) is 22.1 Å². The van der Waals surface area contributed by atoms with E-state index in [9.17, 15) is 14.8 Å². The van der Waals surface area contributed by atoms with Crippen LogP contribution in [-0.4, -0.2) is 36.6 Å². The second-order valence-corrected chi connectivity index (χ2v) is 7.06.